The first-order valence-corrected chi connectivity index (χ1v) is 4.83. The molecule has 0 aliphatic rings. The maximum atomic E-state index is 4.04. The van der Waals surface area contributed by atoms with Crippen molar-refractivity contribution in [2.45, 2.75) is 6.92 Å². The van der Waals surface area contributed by atoms with E-state index < -0.39 is 0 Å². The van der Waals surface area contributed by atoms with Gasteiger partial charge < -0.3 is 0 Å². The predicted octanol–water partition coefficient (Wildman–Crippen LogP) is 1.21. The Bertz CT molecular complexity index is 246. The molecule has 0 N–H and O–H groups in total. The Morgan fingerprint density at radius 1 is 1.64 bits per heavy atom. The molecule has 0 saturated carbocycles. The first-order valence-electron chi connectivity index (χ1n) is 3.36. The van der Waals surface area contributed by atoms with Gasteiger partial charge in [0.15, 0.2) is 0 Å². The van der Waals surface area contributed by atoms with Gasteiger partial charge in [-0.05, 0) is 0 Å². The van der Waals surface area contributed by atoms with Crippen molar-refractivity contribution >= 4 is 9.71 Å². The fraction of sp³-hybridized carbons (Fsp3) is 0.250. The third-order valence-corrected chi connectivity index (χ3v) is 2.49. The molecule has 11 heavy (non-hydrogen) atoms. The van der Waals surface area contributed by atoms with Crippen molar-refractivity contribution < 1.29 is 19.4 Å². The molecule has 0 saturated heterocycles. The molecule has 0 spiro atoms. The zero-order valence-electron chi connectivity index (χ0n) is 6.61. The molecule has 0 aliphatic heterocycles. The number of rotatable bonds is 2. The summed E-state index contributed by atoms with van der Waals surface area (Å²) in [4.78, 5) is 6.18. The van der Waals surface area contributed by atoms with E-state index in [9.17, 15) is 0 Å². The van der Waals surface area contributed by atoms with E-state index in [1.54, 1.807) is 6.20 Å². The van der Waals surface area contributed by atoms with Crippen LogP contribution in [0.5, 0.6) is 0 Å². The average molecular weight is 318 g/mol. The van der Waals surface area contributed by atoms with Gasteiger partial charge in [-0.3, -0.25) is 0 Å². The van der Waals surface area contributed by atoms with Crippen LogP contribution in [0.3, 0.4) is 0 Å². The summed E-state index contributed by atoms with van der Waals surface area (Å²) in [5, 5.41) is 0. The fourth-order valence-corrected chi connectivity index (χ4v) is 1.11. The summed E-state index contributed by atoms with van der Waals surface area (Å²) in [6.07, 6.45) is 3.65. The number of anilines is 1. The second-order valence-electron chi connectivity index (χ2n) is 2.29. The van der Waals surface area contributed by atoms with Crippen LogP contribution in [0, 0.1) is 0 Å². The third-order valence-electron chi connectivity index (χ3n) is 1.51. The molecular weight excluding hydrogens is 308 g/mol. The molecule has 1 heterocycles. The molecule has 0 atom stereocenters. The molecule has 3 heteroatoms. The van der Waals surface area contributed by atoms with E-state index >= 15 is 0 Å². The van der Waals surface area contributed by atoms with E-state index in [0.29, 0.717) is 0 Å². The Balaban J connectivity index is 2.85. The Morgan fingerprint density at radius 3 is 2.82 bits per heavy atom. The summed E-state index contributed by atoms with van der Waals surface area (Å²) in [6.45, 7) is 2.11. The van der Waals surface area contributed by atoms with Crippen LogP contribution in [-0.4, -0.2) is 16.1 Å². The second-order valence-corrected chi connectivity index (χ2v) is 4.41. The van der Waals surface area contributed by atoms with Gasteiger partial charge in [-0.1, -0.05) is 0 Å². The number of hydrogen-bond acceptors (Lipinski definition) is 2. The third kappa shape index (κ3) is 2.23. The molecule has 1 aromatic rings. The molecular formula is C8H10N2W. The van der Waals surface area contributed by atoms with Crippen LogP contribution in [0.4, 0.5) is 5.69 Å². The van der Waals surface area contributed by atoms with Gasteiger partial charge in [0.25, 0.3) is 0 Å². The molecule has 2 nitrogen and oxygen atoms in total. The molecule has 0 aromatic carbocycles. The number of hydrogen-bond donors (Lipinski definition) is 0. The van der Waals surface area contributed by atoms with Crippen LogP contribution in [0.2, 0.25) is 0 Å². The van der Waals surface area contributed by atoms with Crippen LogP contribution in [0.15, 0.2) is 24.5 Å². The average Bonchev–Trinajstić information content (AvgIpc) is 2.05. The number of pyridine rings is 1. The topological polar surface area (TPSA) is 16.1 Å². The Kier molecular flexibility index (Phi) is 2.95. The molecule has 1 rings (SSSR count). The van der Waals surface area contributed by atoms with Crippen LogP contribution in [-0.2, 0) is 19.4 Å². The Morgan fingerprint density at radius 2 is 2.36 bits per heavy atom. The molecule has 0 bridgehead atoms. The molecule has 0 aliphatic carbocycles. The number of aromatic nitrogens is 1. The SMILES string of the molecule is C[C](=[W])N(C)c1cccnc1. The quantitative estimate of drug-likeness (QED) is 0.815. The monoisotopic (exact) mass is 318 g/mol. The van der Waals surface area contributed by atoms with Crippen molar-refractivity contribution in [3.63, 3.8) is 0 Å². The predicted molar refractivity (Wildman–Crippen MR) is 43.3 cm³/mol. The molecule has 0 unspecified atom stereocenters. The molecule has 1 aromatic heterocycles. The van der Waals surface area contributed by atoms with Gasteiger partial charge in [0.05, 0.1) is 0 Å². The van der Waals surface area contributed by atoms with Crippen LogP contribution in [0.25, 0.3) is 0 Å². The van der Waals surface area contributed by atoms with E-state index in [0.717, 1.165) is 5.69 Å². The molecule has 0 amide bonds. The summed E-state index contributed by atoms with van der Waals surface area (Å²) in [5.74, 6) is 0. The van der Waals surface area contributed by atoms with Crippen molar-refractivity contribution in [3.05, 3.63) is 24.5 Å². The number of nitrogens with zero attached hydrogens (tertiary/aromatic N) is 2. The summed E-state index contributed by atoms with van der Waals surface area (Å²) < 4.78 is 1.35. The van der Waals surface area contributed by atoms with E-state index in [-0.39, 0.29) is 0 Å². The van der Waals surface area contributed by atoms with Crippen molar-refractivity contribution in [2.75, 3.05) is 11.9 Å². The van der Waals surface area contributed by atoms with E-state index in [4.69, 9.17) is 0 Å². The van der Waals surface area contributed by atoms with Crippen LogP contribution < -0.4 is 4.90 Å². The van der Waals surface area contributed by atoms with Crippen molar-refractivity contribution in [3.8, 4) is 0 Å². The van der Waals surface area contributed by atoms with Gasteiger partial charge in [0, 0.05) is 0 Å². The Labute approximate surface area is 77.7 Å². The van der Waals surface area contributed by atoms with Crippen molar-refractivity contribution in [1.82, 2.24) is 4.98 Å². The van der Waals surface area contributed by atoms with Gasteiger partial charge in [-0.2, -0.15) is 0 Å². The van der Waals surface area contributed by atoms with Crippen LogP contribution in [0.1, 0.15) is 6.92 Å². The summed E-state index contributed by atoms with van der Waals surface area (Å²) in [7, 11) is 2.05. The van der Waals surface area contributed by atoms with E-state index in [1.165, 1.54) is 23.4 Å². The van der Waals surface area contributed by atoms with Gasteiger partial charge in [-0.25, -0.2) is 0 Å². The second kappa shape index (κ2) is 3.77. The van der Waals surface area contributed by atoms with Gasteiger partial charge in [0.1, 0.15) is 0 Å². The summed E-state index contributed by atoms with van der Waals surface area (Å²) in [5.41, 5.74) is 1.15. The van der Waals surface area contributed by atoms with Gasteiger partial charge in [-0.15, -0.1) is 0 Å². The van der Waals surface area contributed by atoms with E-state index in [2.05, 4.69) is 29.9 Å². The molecule has 0 radical (unpaired) electrons. The van der Waals surface area contributed by atoms with Gasteiger partial charge >= 0.3 is 77.4 Å². The normalized spacial score (nSPS) is 9.27. The minimum absolute atomic E-state index is 1.15. The molecule has 58 valence electrons. The fourth-order valence-electron chi connectivity index (χ4n) is 0.734. The zero-order valence-corrected chi connectivity index (χ0v) is 9.55. The van der Waals surface area contributed by atoms with Crippen molar-refractivity contribution in [1.29, 1.82) is 0 Å². The summed E-state index contributed by atoms with van der Waals surface area (Å²) >= 11 is 1.49. The standard InChI is InChI=1S/C8H10N2.W/c1-3-10(2)8-5-4-6-9-7-8;/h4-7H,1-2H3;. The van der Waals surface area contributed by atoms with Crippen LogP contribution >= 0.6 is 0 Å². The first-order chi connectivity index (χ1) is 5.22. The zero-order chi connectivity index (χ0) is 8.27. The van der Waals surface area contributed by atoms with E-state index in [1.807, 2.05) is 12.3 Å². The molecule has 0 fully saturated rings. The first kappa shape index (κ1) is 8.60. The Hall–Kier alpha value is -0.492. The minimum atomic E-state index is 1.15. The summed E-state index contributed by atoms with van der Waals surface area (Å²) in [6, 6.07) is 4.00. The van der Waals surface area contributed by atoms with Crippen molar-refractivity contribution in [2.24, 2.45) is 0 Å². The maximum absolute atomic E-state index is 4.04. The van der Waals surface area contributed by atoms with Gasteiger partial charge in [0.2, 0.25) is 0 Å².